The molecule has 1 fully saturated rings. The maximum Gasteiger partial charge on any atom is 0.417 e. The molecule has 1 N–H and O–H groups in total. The Morgan fingerprint density at radius 2 is 2.05 bits per heavy atom. The van der Waals surface area contributed by atoms with Crippen molar-refractivity contribution in [3.63, 3.8) is 0 Å². The topological polar surface area (TPSA) is 49.4 Å². The number of alkyl halides is 3. The van der Waals surface area contributed by atoms with E-state index in [9.17, 15) is 21.6 Å². The fourth-order valence-electron chi connectivity index (χ4n) is 2.31. The Morgan fingerprint density at radius 3 is 2.57 bits per heavy atom. The van der Waals surface area contributed by atoms with E-state index >= 15 is 0 Å². The highest BCUT2D eigenvalue weighted by Gasteiger charge is 2.39. The van der Waals surface area contributed by atoms with Crippen LogP contribution in [0.4, 0.5) is 13.2 Å². The van der Waals surface area contributed by atoms with Crippen LogP contribution in [0.2, 0.25) is 5.02 Å². The zero-order valence-electron chi connectivity index (χ0n) is 11.1. The van der Waals surface area contributed by atoms with E-state index in [2.05, 4.69) is 4.72 Å². The molecule has 2 rings (SSSR count). The number of benzene rings is 1. The summed E-state index contributed by atoms with van der Waals surface area (Å²) in [6.07, 6.45) is -4.25. The molecule has 118 valence electrons. The molecular weight excluding hydrogens is 329 g/mol. The van der Waals surface area contributed by atoms with Gasteiger partial charge in [0.1, 0.15) is 4.90 Å². The van der Waals surface area contributed by atoms with Gasteiger partial charge in [-0.25, -0.2) is 13.1 Å². The first-order valence-corrected chi connectivity index (χ1v) is 8.04. The van der Waals surface area contributed by atoms with Crippen molar-refractivity contribution in [2.45, 2.75) is 23.5 Å². The SMILES string of the molecule is CN1CCC(NS(=O)(=O)c2c(Cl)cccc2C(F)(F)F)C1. The molecule has 4 nitrogen and oxygen atoms in total. The van der Waals surface area contributed by atoms with E-state index in [-0.39, 0.29) is 0 Å². The molecule has 9 heteroatoms. The Morgan fingerprint density at radius 1 is 1.38 bits per heavy atom. The summed E-state index contributed by atoms with van der Waals surface area (Å²) in [7, 11) is -2.53. The van der Waals surface area contributed by atoms with Crippen molar-refractivity contribution < 1.29 is 21.6 Å². The van der Waals surface area contributed by atoms with Gasteiger partial charge in [0.15, 0.2) is 0 Å². The van der Waals surface area contributed by atoms with Crippen molar-refractivity contribution in [3.8, 4) is 0 Å². The van der Waals surface area contributed by atoms with Gasteiger partial charge >= 0.3 is 6.18 Å². The molecule has 0 amide bonds. The Bertz CT molecular complexity index is 634. The highest BCUT2D eigenvalue weighted by atomic mass is 35.5. The molecular formula is C12H14ClF3N2O2S. The van der Waals surface area contributed by atoms with E-state index in [4.69, 9.17) is 11.6 Å². The molecule has 1 heterocycles. The smallest absolute Gasteiger partial charge is 0.305 e. The maximum absolute atomic E-state index is 13.0. The molecule has 1 aliphatic heterocycles. The van der Waals surface area contributed by atoms with E-state index in [1.54, 1.807) is 0 Å². The summed E-state index contributed by atoms with van der Waals surface area (Å²) in [5.74, 6) is 0. The third-order valence-corrected chi connectivity index (χ3v) is 5.30. The number of sulfonamides is 1. The summed E-state index contributed by atoms with van der Waals surface area (Å²) in [6.45, 7) is 1.13. The van der Waals surface area contributed by atoms with Crippen LogP contribution in [-0.4, -0.2) is 39.5 Å². The van der Waals surface area contributed by atoms with Crippen LogP contribution < -0.4 is 4.72 Å². The molecule has 21 heavy (non-hydrogen) atoms. The minimum atomic E-state index is -4.79. The number of hydrogen-bond donors (Lipinski definition) is 1. The number of rotatable bonds is 3. The van der Waals surface area contributed by atoms with Crippen molar-refractivity contribution in [3.05, 3.63) is 28.8 Å². The van der Waals surface area contributed by atoms with Gasteiger partial charge in [-0.3, -0.25) is 0 Å². The van der Waals surface area contributed by atoms with Crippen LogP contribution in [0.25, 0.3) is 0 Å². The number of hydrogen-bond acceptors (Lipinski definition) is 3. The Balaban J connectivity index is 2.40. The molecule has 0 bridgehead atoms. The summed E-state index contributed by atoms with van der Waals surface area (Å²) < 4.78 is 65.8. The Kier molecular flexibility index (Phi) is 4.53. The first-order valence-electron chi connectivity index (χ1n) is 6.18. The number of likely N-dealkylation sites (N-methyl/N-ethyl adjacent to an activating group) is 1. The van der Waals surface area contributed by atoms with Crippen LogP contribution >= 0.6 is 11.6 Å². The Labute approximate surface area is 125 Å². The monoisotopic (exact) mass is 342 g/mol. The molecule has 1 unspecified atom stereocenters. The molecule has 0 spiro atoms. The molecule has 1 aliphatic rings. The predicted octanol–water partition coefficient (Wildman–Crippen LogP) is 2.34. The number of nitrogens with zero attached hydrogens (tertiary/aromatic N) is 1. The van der Waals surface area contributed by atoms with Crippen molar-refractivity contribution in [2.75, 3.05) is 20.1 Å². The van der Waals surface area contributed by atoms with Crippen molar-refractivity contribution in [1.29, 1.82) is 0 Å². The van der Waals surface area contributed by atoms with Crippen LogP contribution in [0.15, 0.2) is 23.1 Å². The first kappa shape index (κ1) is 16.5. The van der Waals surface area contributed by atoms with Crippen LogP contribution in [0.1, 0.15) is 12.0 Å². The second kappa shape index (κ2) is 5.75. The Hall–Kier alpha value is -0.830. The summed E-state index contributed by atoms with van der Waals surface area (Å²) in [5.41, 5.74) is -1.26. The molecule has 0 saturated carbocycles. The zero-order valence-corrected chi connectivity index (χ0v) is 12.7. The van der Waals surface area contributed by atoms with E-state index in [0.717, 1.165) is 12.1 Å². The van der Waals surface area contributed by atoms with E-state index in [1.165, 1.54) is 0 Å². The molecule has 1 aromatic rings. The lowest BCUT2D eigenvalue weighted by atomic mass is 10.2. The van der Waals surface area contributed by atoms with Gasteiger partial charge in [-0.1, -0.05) is 17.7 Å². The molecule has 0 aromatic heterocycles. The zero-order chi connectivity index (χ0) is 15.8. The van der Waals surface area contributed by atoms with E-state index in [0.29, 0.717) is 25.6 Å². The largest absolute Gasteiger partial charge is 0.417 e. The minimum absolute atomic E-state index is 0.419. The van der Waals surface area contributed by atoms with Crippen molar-refractivity contribution in [2.24, 2.45) is 0 Å². The van der Waals surface area contributed by atoms with Gasteiger partial charge in [0.05, 0.1) is 10.6 Å². The lowest BCUT2D eigenvalue weighted by molar-refractivity contribution is -0.139. The first-order chi connectivity index (χ1) is 9.61. The standard InChI is InChI=1S/C12H14ClF3N2O2S/c1-18-6-5-8(7-18)17-21(19,20)11-9(12(14,15)16)3-2-4-10(11)13/h2-4,8,17H,5-7H2,1H3. The second-order valence-electron chi connectivity index (χ2n) is 4.98. The molecule has 1 saturated heterocycles. The van der Waals surface area contributed by atoms with Crippen LogP contribution in [0.5, 0.6) is 0 Å². The van der Waals surface area contributed by atoms with Crippen molar-refractivity contribution >= 4 is 21.6 Å². The molecule has 1 atom stereocenters. The third kappa shape index (κ3) is 3.68. The second-order valence-corrected chi connectivity index (χ2v) is 7.04. The van der Waals surface area contributed by atoms with Crippen LogP contribution in [0, 0.1) is 0 Å². The normalized spacial score (nSPS) is 20.9. The van der Waals surface area contributed by atoms with E-state index in [1.807, 2.05) is 11.9 Å². The van der Waals surface area contributed by atoms with Gasteiger partial charge in [0, 0.05) is 12.6 Å². The van der Waals surface area contributed by atoms with Crippen LogP contribution in [-0.2, 0) is 16.2 Å². The van der Waals surface area contributed by atoms with Gasteiger partial charge in [-0.2, -0.15) is 13.2 Å². The number of likely N-dealkylation sites (tertiary alicyclic amines) is 1. The van der Waals surface area contributed by atoms with Crippen molar-refractivity contribution in [1.82, 2.24) is 9.62 Å². The highest BCUT2D eigenvalue weighted by molar-refractivity contribution is 7.89. The summed E-state index contributed by atoms with van der Waals surface area (Å²) >= 11 is 5.70. The van der Waals surface area contributed by atoms with Gasteiger partial charge in [0.2, 0.25) is 10.0 Å². The number of nitrogens with one attached hydrogen (secondary N) is 1. The van der Waals surface area contributed by atoms with Crippen LogP contribution in [0.3, 0.4) is 0 Å². The molecule has 1 aromatic carbocycles. The molecule has 0 aliphatic carbocycles. The fourth-order valence-corrected chi connectivity index (χ4v) is 4.34. The summed E-state index contributed by atoms with van der Waals surface area (Å²) in [4.78, 5) is 0.985. The minimum Gasteiger partial charge on any atom is -0.305 e. The quantitative estimate of drug-likeness (QED) is 0.917. The number of halogens is 4. The molecule has 0 radical (unpaired) electrons. The average molecular weight is 343 g/mol. The van der Waals surface area contributed by atoms with Gasteiger partial charge in [-0.15, -0.1) is 0 Å². The van der Waals surface area contributed by atoms with Gasteiger partial charge in [0.25, 0.3) is 0 Å². The van der Waals surface area contributed by atoms with Gasteiger partial charge in [-0.05, 0) is 32.1 Å². The third-order valence-electron chi connectivity index (χ3n) is 3.25. The summed E-state index contributed by atoms with van der Waals surface area (Å²) in [5, 5.41) is -0.441. The lowest BCUT2D eigenvalue weighted by Crippen LogP contribution is -2.37. The fraction of sp³-hybridized carbons (Fsp3) is 0.500. The van der Waals surface area contributed by atoms with E-state index < -0.39 is 37.7 Å². The highest BCUT2D eigenvalue weighted by Crippen LogP contribution is 2.37. The average Bonchev–Trinajstić information content (AvgIpc) is 2.72. The predicted molar refractivity (Wildman–Crippen MR) is 72.7 cm³/mol. The lowest BCUT2D eigenvalue weighted by Gasteiger charge is -2.18. The van der Waals surface area contributed by atoms with Gasteiger partial charge < -0.3 is 4.90 Å². The maximum atomic E-state index is 13.0. The summed E-state index contributed by atoms with van der Waals surface area (Å²) in [6, 6.07) is 2.50.